The number of hydrogen-bond donors (Lipinski definition) is 1. The van der Waals surface area contributed by atoms with E-state index in [1.807, 2.05) is 24.3 Å². The zero-order chi connectivity index (χ0) is 14.2. The summed E-state index contributed by atoms with van der Waals surface area (Å²) in [5.74, 6) is 0. The largest absolute Gasteiger partial charge is 0.275 e. The van der Waals surface area contributed by atoms with Crippen molar-refractivity contribution in [2.24, 2.45) is 0 Å². The highest BCUT2D eigenvalue weighted by atomic mass is 15.1. The predicted molar refractivity (Wildman–Crippen MR) is 81.5 cm³/mol. The smallest absolute Gasteiger partial charge is 0.181 e. The molecule has 0 aliphatic carbocycles. The van der Waals surface area contributed by atoms with E-state index in [1.165, 1.54) is 17.0 Å². The number of nitriles is 1. The van der Waals surface area contributed by atoms with Crippen molar-refractivity contribution in [3.05, 3.63) is 60.3 Å². The molecule has 0 aliphatic rings. The zero-order valence-corrected chi connectivity index (χ0v) is 11.0. The van der Waals surface area contributed by atoms with Gasteiger partial charge in [-0.2, -0.15) is 10.4 Å². The first-order valence-corrected chi connectivity index (χ1v) is 6.58. The summed E-state index contributed by atoms with van der Waals surface area (Å²) >= 11 is 0. The van der Waals surface area contributed by atoms with Crippen LogP contribution in [0.2, 0.25) is 0 Å². The van der Waals surface area contributed by atoms with Crippen LogP contribution in [-0.4, -0.2) is 15.2 Å². The highest BCUT2D eigenvalue weighted by Gasteiger charge is 2.10. The van der Waals surface area contributed by atoms with Gasteiger partial charge in [-0.3, -0.25) is 5.10 Å². The Morgan fingerprint density at radius 1 is 1.00 bits per heavy atom. The van der Waals surface area contributed by atoms with Gasteiger partial charge in [-0.05, 0) is 22.9 Å². The van der Waals surface area contributed by atoms with E-state index in [-0.39, 0.29) is 0 Å². The molecule has 4 heteroatoms. The molecule has 2 aromatic carbocycles. The van der Waals surface area contributed by atoms with Crippen molar-refractivity contribution in [3.63, 3.8) is 0 Å². The first-order chi connectivity index (χ1) is 10.3. The van der Waals surface area contributed by atoms with Gasteiger partial charge < -0.3 is 0 Å². The molecule has 4 rings (SSSR count). The molecule has 21 heavy (non-hydrogen) atoms. The van der Waals surface area contributed by atoms with Crippen LogP contribution < -0.4 is 0 Å². The third kappa shape index (κ3) is 1.84. The summed E-state index contributed by atoms with van der Waals surface area (Å²) in [7, 11) is 0. The molecule has 0 fully saturated rings. The average molecular weight is 270 g/mol. The number of benzene rings is 2. The lowest BCUT2D eigenvalue weighted by Crippen LogP contribution is -1.82. The predicted octanol–water partition coefficient (Wildman–Crippen LogP) is 3.65. The second kappa shape index (κ2) is 4.43. The van der Waals surface area contributed by atoms with Gasteiger partial charge in [-0.15, -0.1) is 0 Å². The summed E-state index contributed by atoms with van der Waals surface area (Å²) in [4.78, 5) is 4.20. The van der Waals surface area contributed by atoms with Gasteiger partial charge in [-0.25, -0.2) is 4.98 Å². The fourth-order valence-corrected chi connectivity index (χ4v) is 2.53. The normalized spacial score (nSPS) is 10.8. The number of aromatic nitrogens is 3. The minimum absolute atomic E-state index is 0.533. The van der Waals surface area contributed by atoms with Crippen molar-refractivity contribution >= 4 is 21.8 Å². The Kier molecular flexibility index (Phi) is 2.45. The number of nitrogens with zero attached hydrogens (tertiary/aromatic N) is 3. The molecule has 0 saturated heterocycles. The van der Waals surface area contributed by atoms with E-state index < -0.39 is 0 Å². The molecule has 0 saturated carbocycles. The van der Waals surface area contributed by atoms with Crippen LogP contribution in [0.5, 0.6) is 0 Å². The second-order valence-electron chi connectivity index (χ2n) is 4.87. The molecule has 0 unspecified atom stereocenters. The number of aromatic amines is 1. The lowest BCUT2D eigenvalue weighted by Gasteiger charge is -2.02. The topological polar surface area (TPSA) is 65.4 Å². The van der Waals surface area contributed by atoms with Crippen molar-refractivity contribution in [3.8, 4) is 17.3 Å². The maximum atomic E-state index is 9.02. The SMILES string of the molecule is N#Cc1cnc2n[nH]c(-c3ccc4ccccc4c3)c2c1. The van der Waals surface area contributed by atoms with Gasteiger partial charge in [0, 0.05) is 17.1 Å². The third-order valence-electron chi connectivity index (χ3n) is 3.58. The van der Waals surface area contributed by atoms with Crippen LogP contribution in [0.3, 0.4) is 0 Å². The summed E-state index contributed by atoms with van der Waals surface area (Å²) in [6.45, 7) is 0. The minimum atomic E-state index is 0.533. The van der Waals surface area contributed by atoms with Crippen LogP contribution in [0.1, 0.15) is 5.56 Å². The van der Waals surface area contributed by atoms with Crippen molar-refractivity contribution in [1.29, 1.82) is 5.26 Å². The Balaban J connectivity index is 1.97. The number of fused-ring (bicyclic) bond motifs is 2. The maximum absolute atomic E-state index is 9.02. The summed E-state index contributed by atoms with van der Waals surface area (Å²) in [6.07, 6.45) is 1.54. The molecule has 0 amide bonds. The van der Waals surface area contributed by atoms with Gasteiger partial charge in [0.25, 0.3) is 0 Å². The summed E-state index contributed by atoms with van der Waals surface area (Å²) in [5, 5.41) is 19.5. The molecule has 0 spiro atoms. The van der Waals surface area contributed by atoms with E-state index in [9.17, 15) is 0 Å². The molecular formula is C17H10N4. The number of rotatable bonds is 1. The van der Waals surface area contributed by atoms with Crippen molar-refractivity contribution in [2.45, 2.75) is 0 Å². The minimum Gasteiger partial charge on any atom is -0.275 e. The number of nitrogens with one attached hydrogen (secondary N) is 1. The standard InChI is InChI=1S/C17H10N4/c18-9-11-7-15-16(20-21-17(15)19-10-11)14-6-5-12-3-1-2-4-13(12)8-14/h1-8,10H,(H,19,20,21). The van der Waals surface area contributed by atoms with Gasteiger partial charge in [0.2, 0.25) is 0 Å². The van der Waals surface area contributed by atoms with Crippen molar-refractivity contribution in [2.75, 3.05) is 0 Å². The molecule has 2 heterocycles. The molecule has 0 atom stereocenters. The molecular weight excluding hydrogens is 260 g/mol. The lowest BCUT2D eigenvalue weighted by molar-refractivity contribution is 1.10. The van der Waals surface area contributed by atoms with E-state index in [2.05, 4.69) is 45.5 Å². The second-order valence-corrected chi connectivity index (χ2v) is 4.87. The molecule has 4 aromatic rings. The Morgan fingerprint density at radius 3 is 2.71 bits per heavy atom. The van der Waals surface area contributed by atoms with E-state index >= 15 is 0 Å². The van der Waals surface area contributed by atoms with E-state index in [1.54, 1.807) is 0 Å². The van der Waals surface area contributed by atoms with Crippen LogP contribution in [0.15, 0.2) is 54.7 Å². The van der Waals surface area contributed by atoms with E-state index in [0.717, 1.165) is 16.6 Å². The zero-order valence-electron chi connectivity index (χ0n) is 11.0. The van der Waals surface area contributed by atoms with E-state index in [0.29, 0.717) is 11.2 Å². The van der Waals surface area contributed by atoms with Crippen molar-refractivity contribution in [1.82, 2.24) is 15.2 Å². The molecule has 0 bridgehead atoms. The Morgan fingerprint density at radius 2 is 1.86 bits per heavy atom. The van der Waals surface area contributed by atoms with Crippen LogP contribution in [-0.2, 0) is 0 Å². The number of hydrogen-bond acceptors (Lipinski definition) is 3. The van der Waals surface area contributed by atoms with Gasteiger partial charge in [-0.1, -0.05) is 36.4 Å². The summed E-state index contributed by atoms with van der Waals surface area (Å²) < 4.78 is 0. The maximum Gasteiger partial charge on any atom is 0.181 e. The van der Waals surface area contributed by atoms with Crippen LogP contribution in [0, 0.1) is 11.3 Å². The van der Waals surface area contributed by atoms with Gasteiger partial charge >= 0.3 is 0 Å². The highest BCUT2D eigenvalue weighted by Crippen LogP contribution is 2.28. The fourth-order valence-electron chi connectivity index (χ4n) is 2.53. The van der Waals surface area contributed by atoms with Gasteiger partial charge in [0.05, 0.1) is 11.3 Å². The quantitative estimate of drug-likeness (QED) is 0.574. The molecule has 2 aromatic heterocycles. The number of H-pyrrole nitrogens is 1. The first-order valence-electron chi connectivity index (χ1n) is 6.58. The summed E-state index contributed by atoms with van der Waals surface area (Å²) in [5.41, 5.74) is 3.08. The van der Waals surface area contributed by atoms with Crippen molar-refractivity contribution < 1.29 is 0 Å². The molecule has 4 nitrogen and oxygen atoms in total. The van der Waals surface area contributed by atoms with Gasteiger partial charge in [0.1, 0.15) is 6.07 Å². The van der Waals surface area contributed by atoms with Crippen LogP contribution >= 0.6 is 0 Å². The molecule has 0 radical (unpaired) electrons. The third-order valence-corrected chi connectivity index (χ3v) is 3.58. The highest BCUT2D eigenvalue weighted by molar-refractivity contribution is 5.95. The molecule has 98 valence electrons. The van der Waals surface area contributed by atoms with E-state index in [4.69, 9.17) is 5.26 Å². The molecule has 1 N–H and O–H groups in total. The Bertz CT molecular complexity index is 1010. The first kappa shape index (κ1) is 11.6. The van der Waals surface area contributed by atoms with Crippen LogP contribution in [0.4, 0.5) is 0 Å². The summed E-state index contributed by atoms with van der Waals surface area (Å²) in [6, 6.07) is 18.4. The monoisotopic (exact) mass is 270 g/mol. The van der Waals surface area contributed by atoms with Crippen LogP contribution in [0.25, 0.3) is 33.1 Å². The van der Waals surface area contributed by atoms with Gasteiger partial charge in [0.15, 0.2) is 5.65 Å². The average Bonchev–Trinajstić information content (AvgIpc) is 2.97. The Labute approximate surface area is 120 Å². The number of pyridine rings is 1. The molecule has 0 aliphatic heterocycles. The fraction of sp³-hybridized carbons (Fsp3) is 0. The lowest BCUT2D eigenvalue weighted by atomic mass is 10.0. The Hall–Kier alpha value is -3.19.